The molecule has 0 aliphatic rings. The fraction of sp³-hybridized carbons (Fsp3) is 0.214. The van der Waals surface area contributed by atoms with Crippen LogP contribution in [0.15, 0.2) is 36.4 Å². The molecule has 0 spiro atoms. The van der Waals surface area contributed by atoms with Crippen molar-refractivity contribution in [2.45, 2.75) is 13.3 Å². The first-order chi connectivity index (χ1) is 9.29. The van der Waals surface area contributed by atoms with Crippen LogP contribution in [0.1, 0.15) is 11.3 Å². The molecule has 3 rings (SSSR count). The van der Waals surface area contributed by atoms with Gasteiger partial charge in [-0.1, -0.05) is 24.3 Å². The first-order valence-corrected chi connectivity index (χ1v) is 6.27. The van der Waals surface area contributed by atoms with E-state index in [9.17, 15) is 0 Å². The zero-order valence-corrected chi connectivity index (χ0v) is 10.7. The maximum absolute atomic E-state index is 5.66. The molecule has 0 aliphatic heterocycles. The topological polar surface area (TPSA) is 69.1 Å². The number of aryl methyl sites for hydroxylation is 1. The summed E-state index contributed by atoms with van der Waals surface area (Å²) in [6.07, 6.45) is 0.816. The summed E-state index contributed by atoms with van der Waals surface area (Å²) in [4.78, 5) is 0. The molecule has 3 aromatic rings. The lowest BCUT2D eigenvalue weighted by Gasteiger charge is -2.06. The van der Waals surface area contributed by atoms with Gasteiger partial charge < -0.3 is 5.73 Å². The summed E-state index contributed by atoms with van der Waals surface area (Å²) in [7, 11) is 0. The molecule has 0 radical (unpaired) electrons. The molecule has 2 N–H and O–H groups in total. The largest absolute Gasteiger partial charge is 0.330 e. The Balaban J connectivity index is 2.21. The van der Waals surface area contributed by atoms with Crippen LogP contribution in [-0.4, -0.2) is 26.4 Å². The van der Waals surface area contributed by atoms with E-state index in [0.717, 1.165) is 29.1 Å². The van der Waals surface area contributed by atoms with Crippen molar-refractivity contribution in [3.63, 3.8) is 0 Å². The molecule has 0 atom stereocenters. The summed E-state index contributed by atoms with van der Waals surface area (Å²) in [6, 6.07) is 12.0. The SMILES string of the molecule is Cc1ccc2nnc(-c3ccccc3CCN)n2n1. The molecule has 1 aromatic carbocycles. The lowest BCUT2D eigenvalue weighted by atomic mass is 10.0. The third-order valence-corrected chi connectivity index (χ3v) is 3.07. The zero-order chi connectivity index (χ0) is 13.2. The molecule has 19 heavy (non-hydrogen) atoms. The van der Waals surface area contributed by atoms with Gasteiger partial charge in [0.05, 0.1) is 5.69 Å². The first kappa shape index (κ1) is 11.8. The van der Waals surface area contributed by atoms with Gasteiger partial charge >= 0.3 is 0 Å². The number of rotatable bonds is 3. The van der Waals surface area contributed by atoms with Crippen LogP contribution in [0.3, 0.4) is 0 Å². The van der Waals surface area contributed by atoms with Gasteiger partial charge in [0, 0.05) is 5.56 Å². The van der Waals surface area contributed by atoms with Crippen molar-refractivity contribution < 1.29 is 0 Å². The lowest BCUT2D eigenvalue weighted by molar-refractivity contribution is 0.896. The van der Waals surface area contributed by atoms with Gasteiger partial charge in [-0.2, -0.15) is 9.61 Å². The van der Waals surface area contributed by atoms with Crippen LogP contribution < -0.4 is 5.73 Å². The molecular formula is C14H15N5. The second-order valence-corrected chi connectivity index (χ2v) is 4.46. The van der Waals surface area contributed by atoms with Gasteiger partial charge in [0.25, 0.3) is 0 Å². The van der Waals surface area contributed by atoms with Crippen LogP contribution >= 0.6 is 0 Å². The first-order valence-electron chi connectivity index (χ1n) is 6.27. The molecule has 2 aromatic heterocycles. The highest BCUT2D eigenvalue weighted by atomic mass is 15.4. The predicted molar refractivity (Wildman–Crippen MR) is 73.7 cm³/mol. The molecule has 0 saturated carbocycles. The molecule has 0 unspecified atom stereocenters. The van der Waals surface area contributed by atoms with Crippen LogP contribution in [0, 0.1) is 6.92 Å². The summed E-state index contributed by atoms with van der Waals surface area (Å²) in [5.41, 5.74) is 9.56. The van der Waals surface area contributed by atoms with E-state index in [4.69, 9.17) is 5.73 Å². The molecule has 96 valence electrons. The van der Waals surface area contributed by atoms with Gasteiger partial charge in [0.1, 0.15) is 0 Å². The second-order valence-electron chi connectivity index (χ2n) is 4.46. The van der Waals surface area contributed by atoms with E-state index in [1.54, 1.807) is 4.52 Å². The molecule has 0 bridgehead atoms. The van der Waals surface area contributed by atoms with E-state index in [1.807, 2.05) is 37.3 Å². The van der Waals surface area contributed by atoms with Gasteiger partial charge in [0.15, 0.2) is 11.5 Å². The Hall–Kier alpha value is -2.27. The van der Waals surface area contributed by atoms with Crippen LogP contribution in [0.5, 0.6) is 0 Å². The average Bonchev–Trinajstić information content (AvgIpc) is 2.82. The summed E-state index contributed by atoms with van der Waals surface area (Å²) in [5, 5.41) is 12.9. The summed E-state index contributed by atoms with van der Waals surface area (Å²) >= 11 is 0. The Kier molecular flexibility index (Phi) is 2.97. The van der Waals surface area contributed by atoms with Crippen LogP contribution in [0.2, 0.25) is 0 Å². The predicted octanol–water partition coefficient (Wildman–Crippen LogP) is 1.60. The van der Waals surface area contributed by atoms with Crippen molar-refractivity contribution in [2.24, 2.45) is 5.73 Å². The molecule has 0 amide bonds. The molecule has 2 heterocycles. The van der Waals surface area contributed by atoms with Crippen LogP contribution in [0.25, 0.3) is 17.0 Å². The minimum Gasteiger partial charge on any atom is -0.330 e. The van der Waals surface area contributed by atoms with Crippen molar-refractivity contribution >= 4 is 5.65 Å². The van der Waals surface area contributed by atoms with Gasteiger partial charge in [-0.15, -0.1) is 10.2 Å². The number of hydrogen-bond donors (Lipinski definition) is 1. The fourth-order valence-corrected chi connectivity index (χ4v) is 2.16. The Morgan fingerprint density at radius 2 is 1.95 bits per heavy atom. The third kappa shape index (κ3) is 2.08. The zero-order valence-electron chi connectivity index (χ0n) is 10.7. The minimum atomic E-state index is 0.611. The van der Waals surface area contributed by atoms with Crippen LogP contribution in [-0.2, 0) is 6.42 Å². The highest BCUT2D eigenvalue weighted by molar-refractivity contribution is 5.63. The number of aromatic nitrogens is 4. The van der Waals surface area contributed by atoms with Crippen molar-refractivity contribution in [3.8, 4) is 11.4 Å². The molecule has 0 fully saturated rings. The Labute approximate surface area is 111 Å². The van der Waals surface area contributed by atoms with E-state index in [0.29, 0.717) is 6.54 Å². The van der Waals surface area contributed by atoms with Crippen LogP contribution in [0.4, 0.5) is 0 Å². The minimum absolute atomic E-state index is 0.611. The van der Waals surface area contributed by atoms with E-state index in [2.05, 4.69) is 21.4 Å². The third-order valence-electron chi connectivity index (χ3n) is 3.07. The van der Waals surface area contributed by atoms with E-state index >= 15 is 0 Å². The van der Waals surface area contributed by atoms with Gasteiger partial charge in [-0.05, 0) is 37.6 Å². The average molecular weight is 253 g/mol. The van der Waals surface area contributed by atoms with Crippen molar-refractivity contribution in [1.29, 1.82) is 0 Å². The quantitative estimate of drug-likeness (QED) is 0.769. The number of hydrogen-bond acceptors (Lipinski definition) is 4. The van der Waals surface area contributed by atoms with Crippen molar-refractivity contribution in [2.75, 3.05) is 6.54 Å². The Morgan fingerprint density at radius 1 is 1.11 bits per heavy atom. The smallest absolute Gasteiger partial charge is 0.185 e. The number of benzene rings is 1. The number of nitrogens with zero attached hydrogens (tertiary/aromatic N) is 4. The summed E-state index contributed by atoms with van der Waals surface area (Å²) in [6.45, 7) is 2.56. The summed E-state index contributed by atoms with van der Waals surface area (Å²) in [5.74, 6) is 0.766. The molecule has 5 heteroatoms. The fourth-order valence-electron chi connectivity index (χ4n) is 2.16. The lowest BCUT2D eigenvalue weighted by Crippen LogP contribution is -2.05. The summed E-state index contributed by atoms with van der Waals surface area (Å²) < 4.78 is 1.78. The van der Waals surface area contributed by atoms with Crippen molar-refractivity contribution in [3.05, 3.63) is 47.7 Å². The highest BCUT2D eigenvalue weighted by Gasteiger charge is 2.12. The van der Waals surface area contributed by atoms with Gasteiger partial charge in [0.2, 0.25) is 0 Å². The monoisotopic (exact) mass is 253 g/mol. The molecule has 5 nitrogen and oxygen atoms in total. The van der Waals surface area contributed by atoms with Gasteiger partial charge in [-0.3, -0.25) is 0 Å². The maximum atomic E-state index is 5.66. The van der Waals surface area contributed by atoms with Gasteiger partial charge in [-0.25, -0.2) is 0 Å². The Morgan fingerprint density at radius 3 is 2.79 bits per heavy atom. The molecule has 0 saturated heterocycles. The number of nitrogens with two attached hydrogens (primary N) is 1. The molecular weight excluding hydrogens is 238 g/mol. The number of fused-ring (bicyclic) bond motifs is 1. The normalized spacial score (nSPS) is 11.1. The van der Waals surface area contributed by atoms with Crippen molar-refractivity contribution in [1.82, 2.24) is 19.8 Å². The Bertz CT molecular complexity index is 717. The standard InChI is InChI=1S/C14H15N5/c1-10-6-7-13-16-17-14(19(13)18-10)12-5-3-2-4-11(12)8-9-15/h2-7H,8-9,15H2,1H3. The van der Waals surface area contributed by atoms with E-state index in [1.165, 1.54) is 5.56 Å². The molecule has 0 aliphatic carbocycles. The van der Waals surface area contributed by atoms with E-state index < -0.39 is 0 Å². The highest BCUT2D eigenvalue weighted by Crippen LogP contribution is 2.22. The van der Waals surface area contributed by atoms with E-state index in [-0.39, 0.29) is 0 Å². The second kappa shape index (κ2) is 4.78. The maximum Gasteiger partial charge on any atom is 0.185 e.